The van der Waals surface area contributed by atoms with Crippen molar-refractivity contribution in [3.8, 4) is 0 Å². The first kappa shape index (κ1) is 21.5. The summed E-state index contributed by atoms with van der Waals surface area (Å²) in [6.07, 6.45) is -0.424. The third-order valence-corrected chi connectivity index (χ3v) is 7.30. The van der Waals surface area contributed by atoms with Crippen molar-refractivity contribution < 1.29 is 8.78 Å². The largest absolute Gasteiger partial charge is 0.364 e. The van der Waals surface area contributed by atoms with Crippen LogP contribution < -0.4 is 16.0 Å². The molecule has 158 valence electrons. The third-order valence-electron chi connectivity index (χ3n) is 5.09. The van der Waals surface area contributed by atoms with Crippen molar-refractivity contribution in [2.75, 3.05) is 11.4 Å². The number of aromatic nitrogens is 4. The van der Waals surface area contributed by atoms with Gasteiger partial charge in [-0.3, -0.25) is 19.4 Å². The van der Waals surface area contributed by atoms with Crippen LogP contribution in [0.1, 0.15) is 28.8 Å². The molecule has 0 aliphatic carbocycles. The molecule has 30 heavy (non-hydrogen) atoms. The van der Waals surface area contributed by atoms with Crippen LogP contribution in [0.25, 0.3) is 0 Å². The van der Waals surface area contributed by atoms with Gasteiger partial charge >= 0.3 is 0 Å². The molecule has 0 radical (unpaired) electrons. The van der Waals surface area contributed by atoms with Gasteiger partial charge in [0, 0.05) is 24.2 Å². The Bertz CT molecular complexity index is 1210. The Labute approximate surface area is 189 Å². The van der Waals surface area contributed by atoms with E-state index in [-0.39, 0.29) is 41.2 Å². The Morgan fingerprint density at radius 1 is 1.30 bits per heavy atom. The van der Waals surface area contributed by atoms with Gasteiger partial charge < -0.3 is 4.90 Å². The first-order valence-electron chi connectivity index (χ1n) is 8.96. The van der Waals surface area contributed by atoms with Crippen LogP contribution >= 0.6 is 40.0 Å². The average Bonchev–Trinajstić information content (AvgIpc) is 3.05. The lowest BCUT2D eigenvalue weighted by Gasteiger charge is -2.29. The number of benzene rings is 1. The number of nitrogens with one attached hydrogen (secondary N) is 1. The van der Waals surface area contributed by atoms with Gasteiger partial charge in [-0.05, 0) is 27.6 Å². The second kappa shape index (κ2) is 8.76. The predicted molar refractivity (Wildman–Crippen MR) is 122 cm³/mol. The number of hydrogen-bond donors (Lipinski definition) is 1. The highest BCUT2D eigenvalue weighted by Crippen LogP contribution is 2.29. The van der Waals surface area contributed by atoms with Crippen LogP contribution in [-0.4, -0.2) is 25.9 Å². The summed E-state index contributed by atoms with van der Waals surface area (Å²) in [5, 5.41) is 6.95. The zero-order valence-electron chi connectivity index (χ0n) is 15.4. The zero-order valence-corrected chi connectivity index (χ0v) is 19.3. The highest BCUT2D eigenvalue weighted by atomic mass is 127. The molecule has 3 heterocycles. The van der Waals surface area contributed by atoms with E-state index in [1.165, 1.54) is 16.7 Å². The molecule has 0 bridgehead atoms. The molecule has 0 saturated carbocycles. The van der Waals surface area contributed by atoms with Crippen LogP contribution in [0.3, 0.4) is 0 Å². The predicted octanol–water partition coefficient (Wildman–Crippen LogP) is 3.73. The molecule has 1 N–H and O–H groups in total. The molecule has 0 saturated heterocycles. The Balaban J connectivity index is 1.65. The molecule has 3 aromatic rings. The van der Waals surface area contributed by atoms with Gasteiger partial charge in [0.05, 0.1) is 36.9 Å². The van der Waals surface area contributed by atoms with Gasteiger partial charge in [-0.15, -0.1) is 0 Å². The van der Waals surface area contributed by atoms with Gasteiger partial charge in [-0.1, -0.05) is 35.9 Å². The molecule has 1 unspecified atom stereocenters. The minimum Gasteiger partial charge on any atom is -0.364 e. The molecule has 7 nitrogen and oxygen atoms in total. The van der Waals surface area contributed by atoms with E-state index in [0.717, 1.165) is 5.69 Å². The summed E-state index contributed by atoms with van der Waals surface area (Å²) in [6, 6.07) is 6.30. The molecule has 0 amide bonds. The van der Waals surface area contributed by atoms with Crippen molar-refractivity contribution in [2.45, 2.75) is 25.9 Å². The van der Waals surface area contributed by atoms with Crippen molar-refractivity contribution in [1.82, 2.24) is 19.3 Å². The fourth-order valence-corrected chi connectivity index (χ4v) is 5.26. The Morgan fingerprint density at radius 3 is 2.80 bits per heavy atom. The second-order valence-corrected chi connectivity index (χ2v) is 9.19. The third kappa shape index (κ3) is 3.92. The van der Waals surface area contributed by atoms with Crippen LogP contribution in [0.5, 0.6) is 0 Å². The number of H-pyrrole nitrogens is 1. The molecule has 1 atom stereocenters. The number of anilines is 1. The Kier molecular flexibility index (Phi) is 6.26. The fourth-order valence-electron chi connectivity index (χ4n) is 3.62. The minimum absolute atomic E-state index is 0.0485. The highest BCUT2D eigenvalue weighted by Gasteiger charge is 2.26. The number of aromatic amines is 1. The van der Waals surface area contributed by atoms with Gasteiger partial charge in [0.25, 0.3) is 17.5 Å². The van der Waals surface area contributed by atoms with Crippen LogP contribution in [0.4, 0.5) is 14.5 Å². The van der Waals surface area contributed by atoms with Crippen molar-refractivity contribution in [1.29, 1.82) is 0 Å². The molecular weight excluding hydrogens is 550 g/mol. The number of hydrogen-bond acceptors (Lipinski definition) is 4. The van der Waals surface area contributed by atoms with E-state index in [4.69, 9.17) is 11.6 Å². The van der Waals surface area contributed by atoms with Gasteiger partial charge in [-0.2, -0.15) is 5.10 Å². The van der Waals surface area contributed by atoms with E-state index in [1.54, 1.807) is 22.9 Å². The maximum Gasteiger partial charge on any atom is 0.291 e. The lowest BCUT2D eigenvalue weighted by molar-refractivity contribution is 0.150. The molecule has 12 heteroatoms. The van der Waals surface area contributed by atoms with E-state index in [0.29, 0.717) is 29.8 Å². The van der Waals surface area contributed by atoms with E-state index < -0.39 is 6.43 Å². The smallest absolute Gasteiger partial charge is 0.291 e. The van der Waals surface area contributed by atoms with Gasteiger partial charge in [0.1, 0.15) is 5.02 Å². The summed E-state index contributed by atoms with van der Waals surface area (Å²) in [4.78, 5) is 26.7. The highest BCUT2D eigenvalue weighted by molar-refractivity contribution is 14.2. The van der Waals surface area contributed by atoms with Crippen molar-refractivity contribution in [3.05, 3.63) is 78.6 Å². The van der Waals surface area contributed by atoms with E-state index in [1.807, 2.05) is 26.9 Å². The monoisotopic (exact) mass is 565 g/mol. The van der Waals surface area contributed by atoms with Crippen LogP contribution in [-0.2, 0) is 19.5 Å². The summed E-state index contributed by atoms with van der Waals surface area (Å²) in [5.41, 5.74) is 1.54. The molecule has 1 aromatic carbocycles. The number of rotatable bonds is 5. The van der Waals surface area contributed by atoms with Crippen molar-refractivity contribution in [3.63, 3.8) is 0 Å². The maximum atomic E-state index is 13.3. The second-order valence-electron chi connectivity index (χ2n) is 6.77. The molecule has 0 fully saturated rings. The Hall–Kier alpha value is -1.78. The van der Waals surface area contributed by atoms with E-state index in [2.05, 4.69) is 10.2 Å². The topological polar surface area (TPSA) is 75.9 Å². The Morgan fingerprint density at radius 2 is 2.07 bits per heavy atom. The molecule has 1 aliphatic heterocycles. The molecule has 0 spiro atoms. The molecule has 4 rings (SSSR count). The van der Waals surface area contributed by atoms with Crippen LogP contribution in [0.15, 0.2) is 40.1 Å². The summed E-state index contributed by atoms with van der Waals surface area (Å²) in [5.74, 6) is 0. The first-order valence-corrected chi connectivity index (χ1v) is 13.4. The normalized spacial score (nSPS) is 14.1. The lowest BCUT2D eigenvalue weighted by atomic mass is 10.1. The summed E-state index contributed by atoms with van der Waals surface area (Å²) in [6.45, 7) is 0.920. The van der Waals surface area contributed by atoms with E-state index >= 15 is 0 Å². The average molecular weight is 566 g/mol. The van der Waals surface area contributed by atoms with Crippen molar-refractivity contribution in [2.24, 2.45) is 0 Å². The summed E-state index contributed by atoms with van der Waals surface area (Å²) < 4.78 is 29.5. The number of alkyl halides is 2. The quantitative estimate of drug-likeness (QED) is 0.378. The standard InChI is InChI=1S/C18H16ClF2IN5O2P/c19-15-14(7-23-27(30-22)18(15)29)25-6-5-13-12(9-25)17(28)24-26(13)8-10-3-1-2-4-11(10)16(20)21/h1-4,7,16,30H,5-6,8-9H2,(H,24,28). The SMILES string of the molecule is O=c1[nH]n(Cc2ccccc2C(F)F)c2c1CN(c1cnn(PI)c(=O)c1Cl)CC2. The number of fused-ring (bicyclic) bond motifs is 1. The fraction of sp³-hybridized carbons (Fsp3) is 0.278. The van der Waals surface area contributed by atoms with Crippen LogP contribution in [0, 0.1) is 0 Å². The van der Waals surface area contributed by atoms with E-state index in [9.17, 15) is 18.4 Å². The minimum atomic E-state index is -2.59. The van der Waals surface area contributed by atoms with Gasteiger partial charge in [-0.25, -0.2) is 13.2 Å². The van der Waals surface area contributed by atoms with Gasteiger partial charge in [0.15, 0.2) is 0 Å². The number of nitrogens with zero attached hydrogens (tertiary/aromatic N) is 4. The molecular formula is C18H16ClF2IN5O2P. The maximum absolute atomic E-state index is 13.3. The van der Waals surface area contributed by atoms with Crippen LogP contribution in [0.2, 0.25) is 5.02 Å². The van der Waals surface area contributed by atoms with Gasteiger partial charge in [0.2, 0.25) is 0 Å². The lowest BCUT2D eigenvalue weighted by Crippen LogP contribution is -2.34. The summed E-state index contributed by atoms with van der Waals surface area (Å²) in [7, 11) is 0. The molecule has 2 aromatic heterocycles. The summed E-state index contributed by atoms with van der Waals surface area (Å²) >= 11 is 8.31. The zero-order chi connectivity index (χ0) is 21.4. The number of halogens is 4. The van der Waals surface area contributed by atoms with Crippen molar-refractivity contribution >= 4 is 45.7 Å². The molecule has 1 aliphatic rings. The first-order chi connectivity index (χ1) is 14.4.